The maximum atomic E-state index is 12.1. The van der Waals surface area contributed by atoms with Crippen LogP contribution in [0.4, 0.5) is 0 Å². The number of piperidine rings is 1. The summed E-state index contributed by atoms with van der Waals surface area (Å²) >= 11 is 0. The maximum absolute atomic E-state index is 12.1. The van der Waals surface area contributed by atoms with Gasteiger partial charge in [0.05, 0.1) is 5.71 Å². The second kappa shape index (κ2) is 8.89. The number of allylic oxidation sites excluding steroid dienone is 1. The van der Waals surface area contributed by atoms with E-state index in [-0.39, 0.29) is 5.41 Å². The van der Waals surface area contributed by atoms with Gasteiger partial charge in [-0.2, -0.15) is 0 Å². The van der Waals surface area contributed by atoms with Gasteiger partial charge in [-0.3, -0.25) is 9.69 Å². The second-order valence-corrected chi connectivity index (χ2v) is 12.1. The molecule has 5 rings (SSSR count). The van der Waals surface area contributed by atoms with Crippen LogP contribution in [0.15, 0.2) is 16.8 Å². The number of likely N-dealkylation sites (tertiary alicyclic amines) is 1. The minimum atomic E-state index is 0.275. The average Bonchev–Trinajstić information content (AvgIpc) is 3.15. The van der Waals surface area contributed by atoms with Gasteiger partial charge in [0.15, 0.2) is 5.78 Å². The highest BCUT2D eigenvalue weighted by Crippen LogP contribution is 2.66. The summed E-state index contributed by atoms with van der Waals surface area (Å²) in [5.74, 6) is 3.33. The lowest BCUT2D eigenvalue weighted by atomic mass is 9.46. The Morgan fingerprint density at radius 3 is 2.69 bits per heavy atom. The molecule has 6 atom stereocenters. The minimum absolute atomic E-state index is 0.275. The number of carbonyl (C=O) groups is 1. The van der Waals surface area contributed by atoms with Crippen LogP contribution in [0.5, 0.6) is 0 Å². The molecule has 4 heteroatoms. The first-order valence-electron chi connectivity index (χ1n) is 13.5. The Morgan fingerprint density at radius 2 is 1.88 bits per heavy atom. The third-order valence-electron chi connectivity index (χ3n) is 10.6. The van der Waals surface area contributed by atoms with Crippen LogP contribution in [0.2, 0.25) is 0 Å². The van der Waals surface area contributed by atoms with Crippen LogP contribution in [0.1, 0.15) is 91.4 Å². The summed E-state index contributed by atoms with van der Waals surface area (Å²) in [6, 6.07) is 0. The van der Waals surface area contributed by atoms with Crippen molar-refractivity contribution in [2.75, 3.05) is 26.2 Å². The number of hydrogen-bond acceptors (Lipinski definition) is 4. The molecule has 0 aromatic heterocycles. The molecule has 0 radical (unpaired) electrons. The summed E-state index contributed by atoms with van der Waals surface area (Å²) in [5.41, 5.74) is 3.36. The molecule has 1 heterocycles. The number of rotatable bonds is 5. The van der Waals surface area contributed by atoms with Crippen LogP contribution < -0.4 is 0 Å². The van der Waals surface area contributed by atoms with Crippen molar-refractivity contribution >= 4 is 11.5 Å². The van der Waals surface area contributed by atoms with Crippen LogP contribution in [0, 0.1) is 34.5 Å². The smallest absolute Gasteiger partial charge is 0.155 e. The SMILES string of the molecule is C/C(=N\OCCN1CCCCC1)[C@H]1CC[C@H]2[C@@H]3CCC4=CC(=O)CC[C@]4(C)[C@H]3CC[C@]12C. The molecule has 32 heavy (non-hydrogen) atoms. The molecule has 0 aromatic carbocycles. The number of ketones is 1. The van der Waals surface area contributed by atoms with Gasteiger partial charge in [-0.05, 0) is 112 Å². The third kappa shape index (κ3) is 3.89. The third-order valence-corrected chi connectivity index (χ3v) is 10.6. The number of fused-ring (bicyclic) bond motifs is 5. The van der Waals surface area contributed by atoms with Gasteiger partial charge in [0.1, 0.15) is 6.61 Å². The molecule has 0 N–H and O–H groups in total. The Labute approximate surface area is 195 Å². The Bertz CT molecular complexity index is 782. The van der Waals surface area contributed by atoms with E-state index in [1.807, 2.05) is 6.08 Å². The zero-order valence-corrected chi connectivity index (χ0v) is 20.7. The molecule has 0 unspecified atom stereocenters. The van der Waals surface area contributed by atoms with E-state index in [4.69, 9.17) is 4.84 Å². The van der Waals surface area contributed by atoms with Crippen molar-refractivity contribution in [2.45, 2.75) is 91.4 Å². The number of nitrogens with zero attached hydrogens (tertiary/aromatic N) is 2. The Hall–Kier alpha value is -1.16. The van der Waals surface area contributed by atoms with Gasteiger partial charge in [-0.25, -0.2) is 0 Å². The molecule has 4 aliphatic carbocycles. The molecule has 1 aliphatic heterocycles. The van der Waals surface area contributed by atoms with Gasteiger partial charge in [0.2, 0.25) is 0 Å². The summed E-state index contributed by atoms with van der Waals surface area (Å²) in [7, 11) is 0. The van der Waals surface area contributed by atoms with E-state index in [0.29, 0.717) is 17.1 Å². The van der Waals surface area contributed by atoms with Crippen molar-refractivity contribution < 1.29 is 9.63 Å². The van der Waals surface area contributed by atoms with Crippen molar-refractivity contribution in [3.63, 3.8) is 0 Å². The van der Waals surface area contributed by atoms with Crippen LogP contribution in [0.25, 0.3) is 0 Å². The highest BCUT2D eigenvalue weighted by atomic mass is 16.6. The molecular formula is C28H44N2O2. The molecular weight excluding hydrogens is 396 g/mol. The molecule has 4 fully saturated rings. The molecule has 178 valence electrons. The van der Waals surface area contributed by atoms with E-state index in [1.54, 1.807) is 0 Å². The lowest BCUT2D eigenvalue weighted by Gasteiger charge is -2.58. The minimum Gasteiger partial charge on any atom is -0.394 e. The normalized spacial score (nSPS) is 42.7. The van der Waals surface area contributed by atoms with E-state index in [9.17, 15) is 4.79 Å². The fourth-order valence-electron chi connectivity index (χ4n) is 8.81. The maximum Gasteiger partial charge on any atom is 0.155 e. The van der Waals surface area contributed by atoms with Gasteiger partial charge < -0.3 is 4.84 Å². The van der Waals surface area contributed by atoms with E-state index in [2.05, 4.69) is 30.8 Å². The molecule has 4 nitrogen and oxygen atoms in total. The molecule has 3 saturated carbocycles. The fourth-order valence-corrected chi connectivity index (χ4v) is 8.81. The first kappa shape index (κ1) is 22.6. The summed E-state index contributed by atoms with van der Waals surface area (Å²) < 4.78 is 0. The van der Waals surface area contributed by atoms with Crippen molar-refractivity contribution in [1.82, 2.24) is 4.90 Å². The van der Waals surface area contributed by atoms with Gasteiger partial charge in [-0.1, -0.05) is 31.0 Å². The van der Waals surface area contributed by atoms with E-state index >= 15 is 0 Å². The molecule has 0 amide bonds. The molecule has 0 aromatic rings. The summed E-state index contributed by atoms with van der Waals surface area (Å²) in [4.78, 5) is 20.4. The topological polar surface area (TPSA) is 41.9 Å². The van der Waals surface area contributed by atoms with Gasteiger partial charge in [0, 0.05) is 18.9 Å². The van der Waals surface area contributed by atoms with E-state index in [1.165, 1.54) is 75.7 Å². The molecule has 5 aliphatic rings. The van der Waals surface area contributed by atoms with E-state index in [0.717, 1.165) is 50.2 Å². The van der Waals surface area contributed by atoms with Gasteiger partial charge in [-0.15, -0.1) is 0 Å². The van der Waals surface area contributed by atoms with Crippen LogP contribution in [0.3, 0.4) is 0 Å². The van der Waals surface area contributed by atoms with Crippen molar-refractivity contribution in [3.8, 4) is 0 Å². The zero-order valence-electron chi connectivity index (χ0n) is 20.7. The zero-order chi connectivity index (χ0) is 22.3. The Morgan fingerprint density at radius 1 is 1.06 bits per heavy atom. The van der Waals surface area contributed by atoms with Crippen LogP contribution in [-0.4, -0.2) is 42.6 Å². The van der Waals surface area contributed by atoms with Crippen molar-refractivity contribution in [2.24, 2.45) is 39.7 Å². The van der Waals surface area contributed by atoms with Crippen LogP contribution >= 0.6 is 0 Å². The second-order valence-electron chi connectivity index (χ2n) is 12.1. The van der Waals surface area contributed by atoms with E-state index < -0.39 is 0 Å². The highest BCUT2D eigenvalue weighted by Gasteiger charge is 2.59. The predicted molar refractivity (Wildman–Crippen MR) is 130 cm³/mol. The molecule has 0 spiro atoms. The summed E-state index contributed by atoms with van der Waals surface area (Å²) in [6.07, 6.45) is 15.6. The fraction of sp³-hybridized carbons (Fsp3) is 0.857. The molecule has 0 bridgehead atoms. The van der Waals surface area contributed by atoms with Crippen molar-refractivity contribution in [1.29, 1.82) is 0 Å². The van der Waals surface area contributed by atoms with Crippen LogP contribution in [-0.2, 0) is 9.63 Å². The lowest BCUT2D eigenvalue weighted by molar-refractivity contribution is -0.117. The largest absolute Gasteiger partial charge is 0.394 e. The molecule has 1 saturated heterocycles. The Kier molecular flexibility index (Phi) is 6.28. The summed E-state index contributed by atoms with van der Waals surface area (Å²) in [6.45, 7) is 11.5. The first-order valence-corrected chi connectivity index (χ1v) is 13.5. The predicted octanol–water partition coefficient (Wildman–Crippen LogP) is 6.01. The standard InChI is InChI=1S/C28H44N2O2/c1-20(29-32-18-17-30-15-5-4-6-16-30)24-9-10-25-23-8-7-21-19-22(31)11-13-27(21,2)26(23)12-14-28(24,25)3/h19,23-26H,4-18H2,1-3H3/b29-20+/t23-,24+,25-,26-,27-,28+/m0/s1. The first-order chi connectivity index (χ1) is 15.4. The Balaban J connectivity index is 1.23. The van der Waals surface area contributed by atoms with Crippen molar-refractivity contribution in [3.05, 3.63) is 11.6 Å². The van der Waals surface area contributed by atoms with Gasteiger partial charge >= 0.3 is 0 Å². The average molecular weight is 441 g/mol. The van der Waals surface area contributed by atoms with Gasteiger partial charge in [0.25, 0.3) is 0 Å². The highest BCUT2D eigenvalue weighted by molar-refractivity contribution is 5.91. The number of carbonyl (C=O) groups excluding carboxylic acids is 1. The quantitative estimate of drug-likeness (QED) is 0.298. The number of hydrogen-bond donors (Lipinski definition) is 0. The lowest BCUT2D eigenvalue weighted by Crippen LogP contribution is -2.51. The monoisotopic (exact) mass is 440 g/mol. The summed E-state index contributed by atoms with van der Waals surface area (Å²) in [5, 5.41) is 4.66. The number of oxime groups is 1.